The van der Waals surface area contributed by atoms with E-state index in [1.54, 1.807) is 0 Å². The first-order chi connectivity index (χ1) is 11.4. The van der Waals surface area contributed by atoms with Crippen molar-refractivity contribution < 1.29 is 0 Å². The first kappa shape index (κ1) is 19.6. The molecule has 2 aromatic rings. The number of rotatable bonds is 4. The molecule has 0 aliphatic rings. The van der Waals surface area contributed by atoms with Crippen LogP contribution in [-0.4, -0.2) is 0 Å². The summed E-state index contributed by atoms with van der Waals surface area (Å²) in [7, 11) is 0. The van der Waals surface area contributed by atoms with E-state index >= 15 is 0 Å². The maximum absolute atomic E-state index is 3.61. The summed E-state index contributed by atoms with van der Waals surface area (Å²) in [4.78, 5) is 0. The lowest BCUT2D eigenvalue weighted by molar-refractivity contribution is 0.284. The van der Waals surface area contributed by atoms with Gasteiger partial charge in [0.1, 0.15) is 0 Å². The van der Waals surface area contributed by atoms with Gasteiger partial charge in [-0.05, 0) is 52.0 Å². The number of hydrogen-bond donors (Lipinski definition) is 1. The second-order valence-corrected chi connectivity index (χ2v) is 10.1. The summed E-state index contributed by atoms with van der Waals surface area (Å²) in [5.41, 5.74) is 5.71. The Hall–Kier alpha value is -1.76. The lowest BCUT2D eigenvalue weighted by atomic mass is 9.72. The van der Waals surface area contributed by atoms with E-state index in [0.29, 0.717) is 5.41 Å². The molecule has 0 bridgehead atoms. The second-order valence-electron chi connectivity index (χ2n) is 10.1. The molecule has 0 saturated heterocycles. The first-order valence-corrected chi connectivity index (χ1v) is 9.36. The minimum absolute atomic E-state index is 0.123. The molecule has 0 saturated carbocycles. The fourth-order valence-electron chi connectivity index (χ4n) is 3.83. The molecule has 0 heterocycles. The smallest absolute Gasteiger partial charge is 0.0422 e. The predicted molar refractivity (Wildman–Crippen MR) is 112 cm³/mol. The summed E-state index contributed by atoms with van der Waals surface area (Å²) in [5.74, 6) is 0. The fraction of sp³-hybridized carbons (Fsp3) is 0.500. The zero-order valence-electron chi connectivity index (χ0n) is 17.3. The number of para-hydroxylation sites is 1. The van der Waals surface area contributed by atoms with E-state index in [9.17, 15) is 0 Å². The standard InChI is InChI=1S/C24H35N/c1-22(2,3)17-24(7,8)18-13-15-19(16-14-18)25-21-12-10-9-11-20(21)23(4,5)6/h9-16,25H,17H2,1-8H3. The summed E-state index contributed by atoms with van der Waals surface area (Å²) in [6.45, 7) is 18.4. The van der Waals surface area contributed by atoms with Gasteiger partial charge in [0, 0.05) is 11.4 Å². The highest BCUT2D eigenvalue weighted by molar-refractivity contribution is 5.65. The summed E-state index contributed by atoms with van der Waals surface area (Å²) in [6, 6.07) is 17.5. The van der Waals surface area contributed by atoms with Crippen molar-refractivity contribution in [2.75, 3.05) is 5.32 Å². The van der Waals surface area contributed by atoms with Gasteiger partial charge in [0.25, 0.3) is 0 Å². The Morgan fingerprint density at radius 2 is 1.28 bits per heavy atom. The van der Waals surface area contributed by atoms with Crippen LogP contribution in [0.2, 0.25) is 0 Å². The molecule has 2 rings (SSSR count). The molecule has 2 aromatic carbocycles. The number of anilines is 2. The zero-order chi connectivity index (χ0) is 18.9. The maximum atomic E-state index is 3.61. The van der Waals surface area contributed by atoms with Crippen molar-refractivity contribution in [3.05, 3.63) is 59.7 Å². The van der Waals surface area contributed by atoms with Crippen LogP contribution in [0.4, 0.5) is 11.4 Å². The van der Waals surface area contributed by atoms with Gasteiger partial charge in [0.2, 0.25) is 0 Å². The SMILES string of the molecule is CC(C)(C)CC(C)(C)c1ccc(Nc2ccccc2C(C)(C)C)cc1. The molecule has 0 radical (unpaired) electrons. The Labute approximate surface area is 154 Å². The van der Waals surface area contributed by atoms with Crippen molar-refractivity contribution in [2.45, 2.75) is 72.6 Å². The van der Waals surface area contributed by atoms with Gasteiger partial charge in [-0.2, -0.15) is 0 Å². The van der Waals surface area contributed by atoms with Gasteiger partial charge < -0.3 is 5.32 Å². The van der Waals surface area contributed by atoms with Gasteiger partial charge in [-0.3, -0.25) is 0 Å². The average Bonchev–Trinajstić information content (AvgIpc) is 2.45. The van der Waals surface area contributed by atoms with E-state index < -0.39 is 0 Å². The van der Waals surface area contributed by atoms with Gasteiger partial charge in [-0.15, -0.1) is 0 Å². The highest BCUT2D eigenvalue weighted by atomic mass is 14.9. The monoisotopic (exact) mass is 337 g/mol. The zero-order valence-corrected chi connectivity index (χ0v) is 17.3. The molecule has 136 valence electrons. The number of nitrogens with one attached hydrogen (secondary N) is 1. The molecular formula is C24H35N. The van der Waals surface area contributed by atoms with Crippen LogP contribution in [0.3, 0.4) is 0 Å². The molecule has 0 fully saturated rings. The summed E-state index contributed by atoms with van der Waals surface area (Å²) < 4.78 is 0. The molecule has 0 aliphatic carbocycles. The highest BCUT2D eigenvalue weighted by Crippen LogP contribution is 2.37. The van der Waals surface area contributed by atoms with Crippen molar-refractivity contribution in [1.29, 1.82) is 0 Å². The Balaban J connectivity index is 2.22. The molecule has 1 heteroatoms. The third kappa shape index (κ3) is 5.36. The summed E-state index contributed by atoms with van der Waals surface area (Å²) in [5, 5.41) is 3.61. The fourth-order valence-corrected chi connectivity index (χ4v) is 3.83. The molecule has 0 unspecified atom stereocenters. The van der Waals surface area contributed by atoms with Crippen molar-refractivity contribution >= 4 is 11.4 Å². The summed E-state index contributed by atoms with van der Waals surface area (Å²) in [6.07, 6.45) is 1.17. The van der Waals surface area contributed by atoms with Crippen LogP contribution in [0.1, 0.15) is 72.9 Å². The predicted octanol–water partition coefficient (Wildman–Crippen LogP) is 7.44. The molecule has 1 N–H and O–H groups in total. The molecule has 0 atom stereocenters. The molecule has 1 nitrogen and oxygen atoms in total. The third-order valence-electron chi connectivity index (χ3n) is 4.65. The number of benzene rings is 2. The Kier molecular flexibility index (Phi) is 5.37. The maximum Gasteiger partial charge on any atom is 0.0422 e. The van der Waals surface area contributed by atoms with E-state index in [-0.39, 0.29) is 10.8 Å². The normalized spacial score (nSPS) is 13.0. The van der Waals surface area contributed by atoms with E-state index in [2.05, 4.69) is 109 Å². The molecule has 0 spiro atoms. The van der Waals surface area contributed by atoms with Crippen LogP contribution in [0, 0.1) is 5.41 Å². The average molecular weight is 338 g/mol. The van der Waals surface area contributed by atoms with Crippen LogP contribution in [0.15, 0.2) is 48.5 Å². The largest absolute Gasteiger partial charge is 0.355 e. The molecular weight excluding hydrogens is 302 g/mol. The summed E-state index contributed by atoms with van der Waals surface area (Å²) >= 11 is 0. The van der Waals surface area contributed by atoms with Gasteiger partial charge in [-0.1, -0.05) is 85.7 Å². The van der Waals surface area contributed by atoms with Crippen LogP contribution < -0.4 is 5.32 Å². The molecule has 0 aromatic heterocycles. The molecule has 0 aliphatic heterocycles. The van der Waals surface area contributed by atoms with Gasteiger partial charge in [0.15, 0.2) is 0 Å². The first-order valence-electron chi connectivity index (χ1n) is 9.36. The van der Waals surface area contributed by atoms with Crippen LogP contribution in [0.25, 0.3) is 0 Å². The van der Waals surface area contributed by atoms with Crippen molar-refractivity contribution in [3.63, 3.8) is 0 Å². The lowest BCUT2D eigenvalue weighted by Crippen LogP contribution is -2.24. The second kappa shape index (κ2) is 6.86. The highest BCUT2D eigenvalue weighted by Gasteiger charge is 2.27. The van der Waals surface area contributed by atoms with Crippen molar-refractivity contribution in [2.24, 2.45) is 5.41 Å². The van der Waals surface area contributed by atoms with E-state index in [0.717, 1.165) is 5.69 Å². The number of hydrogen-bond acceptors (Lipinski definition) is 1. The van der Waals surface area contributed by atoms with E-state index in [1.807, 2.05) is 0 Å². The van der Waals surface area contributed by atoms with Gasteiger partial charge in [-0.25, -0.2) is 0 Å². The Bertz CT molecular complexity index is 694. The van der Waals surface area contributed by atoms with E-state index in [1.165, 1.54) is 23.2 Å². The Morgan fingerprint density at radius 1 is 0.720 bits per heavy atom. The lowest BCUT2D eigenvalue weighted by Gasteiger charge is -2.33. The molecule has 0 amide bonds. The van der Waals surface area contributed by atoms with Gasteiger partial charge in [0.05, 0.1) is 0 Å². The Morgan fingerprint density at radius 3 is 1.80 bits per heavy atom. The van der Waals surface area contributed by atoms with Crippen LogP contribution in [-0.2, 0) is 10.8 Å². The molecule has 25 heavy (non-hydrogen) atoms. The van der Waals surface area contributed by atoms with Crippen LogP contribution in [0.5, 0.6) is 0 Å². The third-order valence-corrected chi connectivity index (χ3v) is 4.65. The van der Waals surface area contributed by atoms with Crippen molar-refractivity contribution in [3.8, 4) is 0 Å². The van der Waals surface area contributed by atoms with Crippen molar-refractivity contribution in [1.82, 2.24) is 0 Å². The topological polar surface area (TPSA) is 12.0 Å². The minimum Gasteiger partial charge on any atom is -0.355 e. The van der Waals surface area contributed by atoms with Gasteiger partial charge >= 0.3 is 0 Å². The van der Waals surface area contributed by atoms with Crippen LogP contribution >= 0.6 is 0 Å². The quantitative estimate of drug-likeness (QED) is 0.611. The van der Waals surface area contributed by atoms with E-state index in [4.69, 9.17) is 0 Å². The minimum atomic E-state index is 0.123.